The van der Waals surface area contributed by atoms with E-state index in [-0.39, 0.29) is 11.7 Å². The average Bonchev–Trinajstić information content (AvgIpc) is 2.54. The summed E-state index contributed by atoms with van der Waals surface area (Å²) >= 11 is 0. The summed E-state index contributed by atoms with van der Waals surface area (Å²) in [5.74, 6) is -1.30. The lowest BCUT2D eigenvalue weighted by Crippen LogP contribution is -2.51. The van der Waals surface area contributed by atoms with Crippen molar-refractivity contribution in [3.63, 3.8) is 0 Å². The van der Waals surface area contributed by atoms with Crippen molar-refractivity contribution < 1.29 is 18.9 Å². The Labute approximate surface area is 164 Å². The van der Waals surface area contributed by atoms with Gasteiger partial charge in [-0.3, -0.25) is 14.2 Å². The van der Waals surface area contributed by atoms with Gasteiger partial charge >= 0.3 is 5.97 Å². The Bertz CT molecular complexity index is 718. The van der Waals surface area contributed by atoms with E-state index in [4.69, 9.17) is 4.74 Å². The van der Waals surface area contributed by atoms with Crippen molar-refractivity contribution in [3.8, 4) is 0 Å². The van der Waals surface area contributed by atoms with Crippen molar-refractivity contribution in [1.29, 1.82) is 0 Å². The van der Waals surface area contributed by atoms with Crippen LogP contribution in [0, 0.1) is 26.7 Å². The highest BCUT2D eigenvalue weighted by Gasteiger charge is 2.56. The second-order valence-corrected chi connectivity index (χ2v) is 9.69. The van der Waals surface area contributed by atoms with Crippen molar-refractivity contribution in [2.45, 2.75) is 84.4 Å². The molecule has 0 N–H and O–H groups in total. The summed E-state index contributed by atoms with van der Waals surface area (Å²) in [7, 11) is -0.469. The zero-order chi connectivity index (χ0) is 20.4. The molecule has 0 aliphatic heterocycles. The SMILES string of the molecule is Cc1cc(C)c(C(=O)C(P=O)(C(=O)OC(C)(C)C)C2CCCCC2)c(C)c1. The molecule has 148 valence electrons. The van der Waals surface area contributed by atoms with E-state index in [2.05, 4.69) is 0 Å². The highest BCUT2D eigenvalue weighted by atomic mass is 31.1. The van der Waals surface area contributed by atoms with Crippen LogP contribution in [0.1, 0.15) is 79.9 Å². The Hall–Kier alpha value is -1.54. The summed E-state index contributed by atoms with van der Waals surface area (Å²) < 4.78 is 18.2. The van der Waals surface area contributed by atoms with E-state index in [9.17, 15) is 14.2 Å². The third-order valence-electron chi connectivity index (χ3n) is 5.30. The van der Waals surface area contributed by atoms with E-state index >= 15 is 0 Å². The van der Waals surface area contributed by atoms with Crippen LogP contribution < -0.4 is 0 Å². The van der Waals surface area contributed by atoms with Gasteiger partial charge in [0.15, 0.2) is 14.2 Å². The van der Waals surface area contributed by atoms with Crippen LogP contribution in [-0.4, -0.2) is 22.5 Å². The zero-order valence-corrected chi connectivity index (χ0v) is 18.2. The average molecular weight is 390 g/mol. The highest BCUT2D eigenvalue weighted by Crippen LogP contribution is 2.45. The molecule has 1 aromatic rings. The number of hydrogen-bond donors (Lipinski definition) is 0. The predicted molar refractivity (Wildman–Crippen MR) is 108 cm³/mol. The molecule has 0 aromatic heterocycles. The Balaban J connectivity index is 2.62. The van der Waals surface area contributed by atoms with Crippen LogP contribution in [0.25, 0.3) is 0 Å². The van der Waals surface area contributed by atoms with Gasteiger partial charge in [-0.05, 0) is 71.4 Å². The quantitative estimate of drug-likeness (QED) is 0.278. The van der Waals surface area contributed by atoms with Gasteiger partial charge in [0.05, 0.1) is 0 Å². The topological polar surface area (TPSA) is 60.4 Å². The van der Waals surface area contributed by atoms with Crippen LogP contribution in [-0.2, 0) is 14.1 Å². The second-order valence-electron chi connectivity index (χ2n) is 8.80. The molecule has 1 aliphatic carbocycles. The molecule has 1 saturated carbocycles. The number of aryl methyl sites for hydroxylation is 3. The lowest BCUT2D eigenvalue weighted by atomic mass is 9.74. The fraction of sp³-hybridized carbons (Fsp3) is 0.636. The molecule has 0 bridgehead atoms. The number of ketones is 1. The minimum atomic E-state index is -1.67. The van der Waals surface area contributed by atoms with Gasteiger partial charge in [0.25, 0.3) is 0 Å². The van der Waals surface area contributed by atoms with Gasteiger partial charge in [0.1, 0.15) is 5.60 Å². The summed E-state index contributed by atoms with van der Waals surface area (Å²) in [5.41, 5.74) is 2.43. The molecular weight excluding hydrogens is 359 g/mol. The van der Waals surface area contributed by atoms with Crippen LogP contribution in [0.2, 0.25) is 0 Å². The summed E-state index contributed by atoms with van der Waals surface area (Å²) in [6, 6.07) is 3.87. The van der Waals surface area contributed by atoms with Crippen molar-refractivity contribution in [2.75, 3.05) is 0 Å². The predicted octanol–water partition coefficient (Wildman–Crippen LogP) is 5.75. The van der Waals surface area contributed by atoms with E-state index in [0.29, 0.717) is 18.4 Å². The number of rotatable bonds is 5. The molecule has 0 amide bonds. The van der Waals surface area contributed by atoms with Gasteiger partial charge in [0, 0.05) is 5.56 Å². The number of ether oxygens (including phenoxy) is 1. The number of Topliss-reactive ketones (excluding diaryl/α,β-unsaturated/α-hetero) is 1. The normalized spacial score (nSPS) is 18.1. The van der Waals surface area contributed by atoms with E-state index in [1.54, 1.807) is 20.8 Å². The third-order valence-corrected chi connectivity index (χ3v) is 6.34. The first-order valence-corrected chi connectivity index (χ1v) is 10.5. The van der Waals surface area contributed by atoms with E-state index in [1.165, 1.54) is 0 Å². The summed E-state index contributed by atoms with van der Waals surface area (Å²) in [6.07, 6.45) is 4.37. The number of carbonyl (C=O) groups excluding carboxylic acids is 2. The maximum Gasteiger partial charge on any atom is 0.332 e. The van der Waals surface area contributed by atoms with E-state index < -0.39 is 25.2 Å². The minimum Gasteiger partial charge on any atom is -0.459 e. The number of esters is 1. The molecule has 1 fully saturated rings. The fourth-order valence-corrected chi connectivity index (χ4v) is 4.93. The van der Waals surface area contributed by atoms with Crippen molar-refractivity contribution in [2.24, 2.45) is 5.92 Å². The van der Waals surface area contributed by atoms with E-state index in [1.807, 2.05) is 32.9 Å². The Morgan fingerprint density at radius 1 is 1.00 bits per heavy atom. The minimum absolute atomic E-state index is 0.270. The molecule has 4 nitrogen and oxygen atoms in total. The molecule has 5 heteroatoms. The molecule has 0 radical (unpaired) electrons. The monoisotopic (exact) mass is 390 g/mol. The summed E-state index contributed by atoms with van der Waals surface area (Å²) in [6.45, 7) is 11.0. The molecule has 1 unspecified atom stereocenters. The molecule has 1 aromatic carbocycles. The molecular formula is C22H31O4P. The zero-order valence-electron chi connectivity index (χ0n) is 17.3. The maximum absolute atomic E-state index is 13.8. The van der Waals surface area contributed by atoms with Crippen LogP contribution in [0.5, 0.6) is 0 Å². The van der Waals surface area contributed by atoms with E-state index in [0.717, 1.165) is 36.0 Å². The molecule has 2 rings (SSSR count). The van der Waals surface area contributed by atoms with Gasteiger partial charge < -0.3 is 4.74 Å². The molecule has 1 aliphatic rings. The second kappa shape index (κ2) is 8.22. The molecule has 0 saturated heterocycles. The van der Waals surface area contributed by atoms with Gasteiger partial charge in [-0.15, -0.1) is 0 Å². The third kappa shape index (κ3) is 4.48. The van der Waals surface area contributed by atoms with Gasteiger partial charge in [-0.25, -0.2) is 0 Å². The highest BCUT2D eigenvalue weighted by molar-refractivity contribution is 7.30. The van der Waals surface area contributed by atoms with Crippen molar-refractivity contribution in [3.05, 3.63) is 34.4 Å². The lowest BCUT2D eigenvalue weighted by molar-refractivity contribution is -0.158. The Morgan fingerprint density at radius 2 is 1.52 bits per heavy atom. The number of hydrogen-bond acceptors (Lipinski definition) is 4. The summed E-state index contributed by atoms with van der Waals surface area (Å²) in [4.78, 5) is 27.0. The first-order chi connectivity index (χ1) is 12.5. The molecule has 27 heavy (non-hydrogen) atoms. The molecule has 1 atom stereocenters. The van der Waals surface area contributed by atoms with Gasteiger partial charge in [0.2, 0.25) is 5.16 Å². The molecule has 0 spiro atoms. The first-order valence-electron chi connectivity index (χ1n) is 9.73. The largest absolute Gasteiger partial charge is 0.459 e. The van der Waals surface area contributed by atoms with Crippen LogP contribution >= 0.6 is 8.46 Å². The van der Waals surface area contributed by atoms with Crippen molar-refractivity contribution >= 4 is 20.2 Å². The first kappa shape index (κ1) is 21.8. The number of benzene rings is 1. The number of carbonyl (C=O) groups is 2. The lowest BCUT2D eigenvalue weighted by Gasteiger charge is -2.36. The van der Waals surface area contributed by atoms with Crippen LogP contribution in [0.4, 0.5) is 0 Å². The summed E-state index contributed by atoms with van der Waals surface area (Å²) in [5, 5.41) is -1.67. The van der Waals surface area contributed by atoms with Gasteiger partial charge in [-0.1, -0.05) is 37.0 Å². The fourth-order valence-electron chi connectivity index (χ4n) is 4.20. The van der Waals surface area contributed by atoms with Crippen LogP contribution in [0.3, 0.4) is 0 Å². The maximum atomic E-state index is 13.8. The van der Waals surface area contributed by atoms with Crippen LogP contribution in [0.15, 0.2) is 12.1 Å². The molecule has 0 heterocycles. The van der Waals surface area contributed by atoms with Gasteiger partial charge in [-0.2, -0.15) is 0 Å². The van der Waals surface area contributed by atoms with Crippen molar-refractivity contribution in [1.82, 2.24) is 0 Å². The Kier molecular flexibility index (Phi) is 6.63. The standard InChI is InChI=1S/C22H31O4P/c1-14-12-15(2)18(16(3)13-14)19(23)22(27-25,17-10-8-7-9-11-17)20(24)26-21(4,5)6/h12-13,17H,7-11H2,1-6H3. The Morgan fingerprint density at radius 3 is 1.96 bits per heavy atom. The smallest absolute Gasteiger partial charge is 0.332 e.